The molecule has 3 N–H and O–H groups in total. The van der Waals surface area contributed by atoms with E-state index in [0.29, 0.717) is 27.6 Å². The first-order chi connectivity index (χ1) is 12.0. The summed E-state index contributed by atoms with van der Waals surface area (Å²) in [6.45, 7) is 3.24. The molecule has 0 spiro atoms. The molecule has 0 radical (unpaired) electrons. The van der Waals surface area contributed by atoms with E-state index in [2.05, 4.69) is 30.6 Å². The van der Waals surface area contributed by atoms with Crippen LogP contribution in [0.1, 0.15) is 13.8 Å². The van der Waals surface area contributed by atoms with Gasteiger partial charge in [0.05, 0.1) is 11.6 Å². The number of rotatable bonds is 5. The minimum Gasteiger partial charge on any atom is -0.341 e. The molecule has 0 saturated carbocycles. The monoisotopic (exact) mass is 356 g/mol. The number of nitrogens with one attached hydrogen (secondary N) is 3. The Kier molecular flexibility index (Phi) is 4.94. The number of benzene rings is 1. The lowest BCUT2D eigenvalue weighted by molar-refractivity contribution is -0.115. The first kappa shape index (κ1) is 16.9. The summed E-state index contributed by atoms with van der Waals surface area (Å²) in [6, 6.07) is 6.93. The first-order valence-corrected chi connectivity index (χ1v) is 8.40. The SMILES string of the molecule is CC(=O)Nc1ccc(NC(=O)[C@@H](C)Sc2ncnc3nc[nH]c23)cc1. The lowest BCUT2D eigenvalue weighted by atomic mass is 10.2. The summed E-state index contributed by atoms with van der Waals surface area (Å²) in [5.41, 5.74) is 2.61. The Morgan fingerprint density at radius 3 is 2.44 bits per heavy atom. The zero-order valence-corrected chi connectivity index (χ0v) is 14.4. The minimum atomic E-state index is -0.364. The molecule has 1 aromatic carbocycles. The maximum atomic E-state index is 12.4. The van der Waals surface area contributed by atoms with Gasteiger partial charge in [-0.2, -0.15) is 0 Å². The normalized spacial score (nSPS) is 11.9. The largest absolute Gasteiger partial charge is 0.341 e. The highest BCUT2D eigenvalue weighted by molar-refractivity contribution is 8.00. The Balaban J connectivity index is 1.64. The van der Waals surface area contributed by atoms with Gasteiger partial charge in [0.1, 0.15) is 16.9 Å². The topological polar surface area (TPSA) is 113 Å². The van der Waals surface area contributed by atoms with Crippen LogP contribution in [-0.4, -0.2) is 37.0 Å². The van der Waals surface area contributed by atoms with Crippen LogP contribution in [0.2, 0.25) is 0 Å². The van der Waals surface area contributed by atoms with Gasteiger partial charge >= 0.3 is 0 Å². The van der Waals surface area contributed by atoms with Crippen LogP contribution in [0.3, 0.4) is 0 Å². The van der Waals surface area contributed by atoms with Gasteiger partial charge < -0.3 is 15.6 Å². The number of aromatic nitrogens is 4. The van der Waals surface area contributed by atoms with Crippen molar-refractivity contribution in [3.8, 4) is 0 Å². The number of thioether (sulfide) groups is 1. The van der Waals surface area contributed by atoms with Crippen LogP contribution in [0, 0.1) is 0 Å². The van der Waals surface area contributed by atoms with E-state index in [9.17, 15) is 9.59 Å². The number of hydrogen-bond donors (Lipinski definition) is 3. The van der Waals surface area contributed by atoms with Crippen molar-refractivity contribution in [3.63, 3.8) is 0 Å². The van der Waals surface area contributed by atoms with Gasteiger partial charge in [-0.05, 0) is 31.2 Å². The van der Waals surface area contributed by atoms with Gasteiger partial charge in [-0.3, -0.25) is 9.59 Å². The van der Waals surface area contributed by atoms with Gasteiger partial charge in [-0.15, -0.1) is 0 Å². The average Bonchev–Trinajstić information content (AvgIpc) is 3.06. The molecule has 0 aliphatic rings. The predicted molar refractivity (Wildman–Crippen MR) is 96.4 cm³/mol. The van der Waals surface area contributed by atoms with E-state index in [1.165, 1.54) is 25.0 Å². The first-order valence-electron chi connectivity index (χ1n) is 7.52. The van der Waals surface area contributed by atoms with E-state index in [1.54, 1.807) is 37.5 Å². The Labute approximate surface area is 147 Å². The highest BCUT2D eigenvalue weighted by atomic mass is 32.2. The summed E-state index contributed by atoms with van der Waals surface area (Å²) in [5, 5.41) is 5.83. The molecule has 0 bridgehead atoms. The molecule has 8 nitrogen and oxygen atoms in total. The summed E-state index contributed by atoms with van der Waals surface area (Å²) >= 11 is 1.33. The quantitative estimate of drug-likeness (QED) is 0.478. The van der Waals surface area contributed by atoms with Crippen LogP contribution >= 0.6 is 11.8 Å². The van der Waals surface area contributed by atoms with Crippen molar-refractivity contribution in [2.24, 2.45) is 0 Å². The number of amides is 2. The van der Waals surface area contributed by atoms with Crippen molar-refractivity contribution in [1.82, 2.24) is 19.9 Å². The zero-order valence-electron chi connectivity index (χ0n) is 13.6. The van der Waals surface area contributed by atoms with Crippen LogP contribution in [0.15, 0.2) is 41.9 Å². The van der Waals surface area contributed by atoms with E-state index in [1.807, 2.05) is 0 Å². The second kappa shape index (κ2) is 7.31. The minimum absolute atomic E-state index is 0.142. The lowest BCUT2D eigenvalue weighted by Gasteiger charge is -2.12. The van der Waals surface area contributed by atoms with Crippen molar-refractivity contribution in [1.29, 1.82) is 0 Å². The number of hydrogen-bond acceptors (Lipinski definition) is 6. The second-order valence-electron chi connectivity index (χ2n) is 5.29. The third-order valence-corrected chi connectivity index (χ3v) is 4.42. The molecule has 0 unspecified atom stereocenters. The summed E-state index contributed by atoms with van der Waals surface area (Å²) in [6.07, 6.45) is 2.97. The highest BCUT2D eigenvalue weighted by Crippen LogP contribution is 2.26. The third-order valence-electron chi connectivity index (χ3n) is 3.32. The molecule has 2 aromatic heterocycles. The summed E-state index contributed by atoms with van der Waals surface area (Å²) < 4.78 is 0. The molecule has 0 saturated heterocycles. The van der Waals surface area contributed by atoms with Gasteiger partial charge in [0, 0.05) is 18.3 Å². The van der Waals surface area contributed by atoms with E-state index >= 15 is 0 Å². The predicted octanol–water partition coefficient (Wildman–Crippen LogP) is 2.43. The number of anilines is 2. The molecular formula is C16H16N6O2S. The fourth-order valence-electron chi connectivity index (χ4n) is 2.14. The van der Waals surface area contributed by atoms with Crippen LogP contribution in [-0.2, 0) is 9.59 Å². The Morgan fingerprint density at radius 1 is 1.08 bits per heavy atom. The zero-order chi connectivity index (χ0) is 17.8. The number of carbonyl (C=O) groups excluding carboxylic acids is 2. The standard InChI is InChI=1S/C16H16N6O2S/c1-9(25-16-13-14(18-7-17-13)19-8-20-16)15(24)22-12-5-3-11(4-6-12)21-10(2)23/h3-9H,1-2H3,(H,21,23)(H,22,24)(H,17,18,19,20)/t9-/m1/s1. The molecular weight excluding hydrogens is 340 g/mol. The van der Waals surface area contributed by atoms with Gasteiger partial charge in [-0.1, -0.05) is 11.8 Å². The van der Waals surface area contributed by atoms with Crippen molar-refractivity contribution in [3.05, 3.63) is 36.9 Å². The molecule has 3 aromatic rings. The van der Waals surface area contributed by atoms with E-state index in [4.69, 9.17) is 0 Å². The molecule has 128 valence electrons. The molecule has 0 aliphatic carbocycles. The van der Waals surface area contributed by atoms with Gasteiger partial charge in [0.15, 0.2) is 5.65 Å². The highest BCUT2D eigenvalue weighted by Gasteiger charge is 2.18. The maximum absolute atomic E-state index is 12.4. The average molecular weight is 356 g/mol. The number of fused-ring (bicyclic) bond motifs is 1. The van der Waals surface area contributed by atoms with Crippen LogP contribution in [0.25, 0.3) is 11.2 Å². The molecule has 9 heteroatoms. The lowest BCUT2D eigenvalue weighted by Crippen LogP contribution is -2.22. The molecule has 2 amide bonds. The molecule has 0 aliphatic heterocycles. The van der Waals surface area contributed by atoms with Crippen LogP contribution < -0.4 is 10.6 Å². The van der Waals surface area contributed by atoms with Crippen molar-refractivity contribution in [2.45, 2.75) is 24.1 Å². The third kappa shape index (κ3) is 4.13. The number of nitrogens with zero attached hydrogens (tertiary/aromatic N) is 3. The Bertz CT molecular complexity index is 908. The summed E-state index contributed by atoms with van der Waals surface area (Å²) in [5.74, 6) is -0.291. The summed E-state index contributed by atoms with van der Waals surface area (Å²) in [4.78, 5) is 38.7. The number of imidazole rings is 1. The molecule has 1 atom stereocenters. The van der Waals surface area contributed by atoms with Crippen LogP contribution in [0.4, 0.5) is 11.4 Å². The van der Waals surface area contributed by atoms with Crippen molar-refractivity contribution >= 4 is 46.1 Å². The van der Waals surface area contributed by atoms with E-state index in [-0.39, 0.29) is 17.1 Å². The summed E-state index contributed by atoms with van der Waals surface area (Å²) in [7, 11) is 0. The van der Waals surface area contributed by atoms with Gasteiger partial charge in [-0.25, -0.2) is 15.0 Å². The number of carbonyl (C=O) groups is 2. The Morgan fingerprint density at radius 2 is 1.76 bits per heavy atom. The molecule has 3 rings (SSSR count). The smallest absolute Gasteiger partial charge is 0.237 e. The van der Waals surface area contributed by atoms with E-state index in [0.717, 1.165) is 0 Å². The van der Waals surface area contributed by atoms with Crippen molar-refractivity contribution in [2.75, 3.05) is 10.6 Å². The fourth-order valence-corrected chi connectivity index (χ4v) is 3.01. The molecule has 25 heavy (non-hydrogen) atoms. The second-order valence-corrected chi connectivity index (χ2v) is 6.62. The van der Waals surface area contributed by atoms with Gasteiger partial charge in [0.25, 0.3) is 0 Å². The maximum Gasteiger partial charge on any atom is 0.237 e. The molecule has 0 fully saturated rings. The van der Waals surface area contributed by atoms with E-state index < -0.39 is 0 Å². The molecule has 2 heterocycles. The number of aromatic amines is 1. The fraction of sp³-hybridized carbons (Fsp3) is 0.188. The van der Waals surface area contributed by atoms with Gasteiger partial charge in [0.2, 0.25) is 11.8 Å². The van der Waals surface area contributed by atoms with Crippen LogP contribution in [0.5, 0.6) is 0 Å². The van der Waals surface area contributed by atoms with Crippen molar-refractivity contribution < 1.29 is 9.59 Å². The Hall–Kier alpha value is -2.94. The number of H-pyrrole nitrogens is 1.